The minimum atomic E-state index is -1.11. The lowest BCUT2D eigenvalue weighted by Crippen LogP contribution is -2.08. The third-order valence-electron chi connectivity index (χ3n) is 1.75. The van der Waals surface area contributed by atoms with Crippen LogP contribution in [0.15, 0.2) is 18.2 Å². The second-order valence-electron chi connectivity index (χ2n) is 2.75. The fourth-order valence-electron chi connectivity index (χ4n) is 1.06. The van der Waals surface area contributed by atoms with E-state index < -0.39 is 10.6 Å². The second-order valence-corrected chi connectivity index (χ2v) is 3.85. The molecule has 0 N–H and O–H groups in total. The number of ketones is 1. The average molecular weight is 237 g/mol. The van der Waals surface area contributed by atoms with Gasteiger partial charge in [0, 0.05) is 16.7 Å². The zero-order chi connectivity index (χ0) is 11.4. The molecule has 1 nitrogen and oxygen atoms in total. The van der Waals surface area contributed by atoms with Crippen LogP contribution in [0.4, 0.5) is 0 Å². The third-order valence-corrected chi connectivity index (χ3v) is 2.15. The van der Waals surface area contributed by atoms with Gasteiger partial charge in [0.25, 0.3) is 0 Å². The lowest BCUT2D eigenvalue weighted by atomic mass is 10.0. The molecule has 0 radical (unpaired) electrons. The van der Waals surface area contributed by atoms with E-state index in [-0.39, 0.29) is 0 Å². The molecule has 0 saturated heterocycles. The SMILES string of the molecule is C#Cc1cc(C#C)cc(C(=O)C(Cl)Cl)c1. The van der Waals surface area contributed by atoms with Crippen molar-refractivity contribution in [3.63, 3.8) is 0 Å². The number of hydrogen-bond acceptors (Lipinski definition) is 1. The highest BCUT2D eigenvalue weighted by Crippen LogP contribution is 2.15. The summed E-state index contributed by atoms with van der Waals surface area (Å²) >= 11 is 10.9. The first kappa shape index (κ1) is 11.7. The number of carbonyl (C=O) groups excluding carboxylic acids is 1. The van der Waals surface area contributed by atoms with Crippen LogP contribution in [0.25, 0.3) is 0 Å². The van der Waals surface area contributed by atoms with E-state index in [2.05, 4.69) is 11.8 Å². The van der Waals surface area contributed by atoms with E-state index in [9.17, 15) is 4.79 Å². The van der Waals surface area contributed by atoms with Gasteiger partial charge in [0.1, 0.15) is 0 Å². The molecule has 0 fully saturated rings. The van der Waals surface area contributed by atoms with Crippen molar-refractivity contribution in [1.29, 1.82) is 0 Å². The molecule has 3 heteroatoms. The van der Waals surface area contributed by atoms with E-state index in [4.69, 9.17) is 36.0 Å². The maximum absolute atomic E-state index is 11.5. The Labute approximate surface area is 98.4 Å². The number of Topliss-reactive ketones (excluding diaryl/α,β-unsaturated/α-hetero) is 1. The van der Waals surface area contributed by atoms with Crippen molar-refractivity contribution in [2.75, 3.05) is 0 Å². The first-order valence-electron chi connectivity index (χ1n) is 3.99. The van der Waals surface area contributed by atoms with Crippen LogP contribution in [0.1, 0.15) is 21.5 Å². The predicted octanol–water partition coefficient (Wildman–Crippen LogP) is 2.64. The molecule has 0 atom stereocenters. The van der Waals surface area contributed by atoms with Crippen LogP contribution in [0, 0.1) is 24.7 Å². The van der Waals surface area contributed by atoms with E-state index >= 15 is 0 Å². The summed E-state index contributed by atoms with van der Waals surface area (Å²) in [5.74, 6) is 4.39. The quantitative estimate of drug-likeness (QED) is 0.439. The van der Waals surface area contributed by atoms with Gasteiger partial charge >= 0.3 is 0 Å². The van der Waals surface area contributed by atoms with Gasteiger partial charge in [-0.05, 0) is 18.2 Å². The number of rotatable bonds is 2. The fourth-order valence-corrected chi connectivity index (χ4v) is 1.31. The Kier molecular flexibility index (Phi) is 3.81. The Morgan fingerprint density at radius 1 is 1.13 bits per heavy atom. The molecule has 0 aliphatic heterocycles. The van der Waals surface area contributed by atoms with Crippen LogP contribution in [0.3, 0.4) is 0 Å². The highest BCUT2D eigenvalue weighted by Gasteiger charge is 2.15. The zero-order valence-corrected chi connectivity index (χ0v) is 9.14. The summed E-state index contributed by atoms with van der Waals surface area (Å²) in [6, 6.07) is 4.69. The first-order chi connectivity index (χ1) is 7.08. The van der Waals surface area contributed by atoms with Gasteiger partial charge in [0.2, 0.25) is 0 Å². The first-order valence-corrected chi connectivity index (χ1v) is 4.86. The van der Waals surface area contributed by atoms with Crippen molar-refractivity contribution in [2.45, 2.75) is 4.84 Å². The molecule has 0 spiro atoms. The molecule has 0 heterocycles. The van der Waals surface area contributed by atoms with E-state index in [1.807, 2.05) is 0 Å². The Morgan fingerprint density at radius 2 is 1.60 bits per heavy atom. The Bertz CT molecular complexity index is 443. The molecule has 74 valence electrons. The molecule has 1 rings (SSSR count). The highest BCUT2D eigenvalue weighted by molar-refractivity contribution is 6.55. The number of carbonyl (C=O) groups is 1. The average Bonchev–Trinajstić information content (AvgIpc) is 2.27. The molecule has 0 amide bonds. The molecule has 15 heavy (non-hydrogen) atoms. The number of alkyl halides is 2. The lowest BCUT2D eigenvalue weighted by molar-refractivity contribution is 0.101. The summed E-state index contributed by atoms with van der Waals surface area (Å²) in [5, 5.41) is 0. The normalized spacial score (nSPS) is 9.40. The highest BCUT2D eigenvalue weighted by atomic mass is 35.5. The summed E-state index contributed by atoms with van der Waals surface area (Å²) in [4.78, 5) is 10.4. The minimum absolute atomic E-state index is 0.327. The van der Waals surface area contributed by atoms with Crippen LogP contribution in [-0.4, -0.2) is 10.6 Å². The van der Waals surface area contributed by atoms with Crippen molar-refractivity contribution >= 4 is 29.0 Å². The minimum Gasteiger partial charge on any atom is -0.291 e. The number of halogens is 2. The molecule has 0 aliphatic carbocycles. The number of terminal acetylenes is 2. The lowest BCUT2D eigenvalue weighted by Gasteiger charge is -2.03. The molecule has 1 aromatic carbocycles. The van der Waals surface area contributed by atoms with Crippen LogP contribution < -0.4 is 0 Å². The summed E-state index contributed by atoms with van der Waals surface area (Å²) in [7, 11) is 0. The van der Waals surface area contributed by atoms with E-state index in [0.717, 1.165) is 0 Å². The van der Waals surface area contributed by atoms with Gasteiger partial charge in [-0.25, -0.2) is 0 Å². The summed E-state index contributed by atoms with van der Waals surface area (Å²) in [6.45, 7) is 0. The Morgan fingerprint density at radius 3 is 1.93 bits per heavy atom. The van der Waals surface area contributed by atoms with E-state index in [1.165, 1.54) is 12.1 Å². The van der Waals surface area contributed by atoms with Crippen molar-refractivity contribution in [3.8, 4) is 24.7 Å². The molecule has 0 aromatic heterocycles. The van der Waals surface area contributed by atoms with E-state index in [0.29, 0.717) is 16.7 Å². The van der Waals surface area contributed by atoms with Crippen LogP contribution in [-0.2, 0) is 0 Å². The van der Waals surface area contributed by atoms with Gasteiger partial charge in [-0.1, -0.05) is 35.0 Å². The molecule has 0 bridgehead atoms. The molecular weight excluding hydrogens is 231 g/mol. The monoisotopic (exact) mass is 236 g/mol. The van der Waals surface area contributed by atoms with Crippen molar-refractivity contribution in [2.24, 2.45) is 0 Å². The van der Waals surface area contributed by atoms with Crippen molar-refractivity contribution in [1.82, 2.24) is 0 Å². The molecule has 0 aliphatic rings. The maximum Gasteiger partial charge on any atom is 0.195 e. The Balaban J connectivity index is 3.27. The van der Waals surface area contributed by atoms with Crippen molar-refractivity contribution in [3.05, 3.63) is 34.9 Å². The molecular formula is C12H6Cl2O. The summed E-state index contributed by atoms with van der Waals surface area (Å²) < 4.78 is 0. The summed E-state index contributed by atoms with van der Waals surface area (Å²) in [5.41, 5.74) is 1.39. The van der Waals surface area contributed by atoms with Crippen LogP contribution in [0.5, 0.6) is 0 Å². The second kappa shape index (κ2) is 4.89. The third kappa shape index (κ3) is 2.77. The summed E-state index contributed by atoms with van der Waals surface area (Å²) in [6.07, 6.45) is 10.4. The van der Waals surface area contributed by atoms with Gasteiger partial charge in [0.05, 0.1) is 0 Å². The van der Waals surface area contributed by atoms with Crippen molar-refractivity contribution < 1.29 is 4.79 Å². The fraction of sp³-hybridized carbons (Fsp3) is 0.0833. The smallest absolute Gasteiger partial charge is 0.195 e. The standard InChI is InChI=1S/C12H6Cl2O/c1-3-8-5-9(4-2)7-10(6-8)11(15)12(13)14/h1-2,5-7,12H. The van der Waals surface area contributed by atoms with Gasteiger partial charge in [-0.3, -0.25) is 4.79 Å². The molecule has 0 saturated carbocycles. The Hall–Kier alpha value is -1.41. The largest absolute Gasteiger partial charge is 0.291 e. The maximum atomic E-state index is 11.5. The number of hydrogen-bond donors (Lipinski definition) is 0. The van der Waals surface area contributed by atoms with Gasteiger partial charge in [-0.2, -0.15) is 0 Å². The van der Waals surface area contributed by atoms with Gasteiger partial charge in [0.15, 0.2) is 10.6 Å². The topological polar surface area (TPSA) is 17.1 Å². The van der Waals surface area contributed by atoms with Gasteiger partial charge < -0.3 is 0 Å². The molecule has 1 aromatic rings. The molecule has 0 unspecified atom stereocenters. The zero-order valence-electron chi connectivity index (χ0n) is 7.63. The van der Waals surface area contributed by atoms with Crippen LogP contribution in [0.2, 0.25) is 0 Å². The van der Waals surface area contributed by atoms with E-state index in [1.54, 1.807) is 6.07 Å². The van der Waals surface area contributed by atoms with Gasteiger partial charge in [-0.15, -0.1) is 12.8 Å². The number of benzene rings is 1. The van der Waals surface area contributed by atoms with Crippen LogP contribution >= 0.6 is 23.2 Å². The predicted molar refractivity (Wildman–Crippen MR) is 62.1 cm³/mol.